The van der Waals surface area contributed by atoms with Crippen LogP contribution in [-0.2, 0) is 9.59 Å². The number of amides is 1. The van der Waals surface area contributed by atoms with Gasteiger partial charge in [0.2, 0.25) is 5.91 Å². The van der Waals surface area contributed by atoms with Gasteiger partial charge in [-0.15, -0.1) is 0 Å². The fraction of sp³-hybridized carbons (Fsp3) is 0.889. The first-order chi connectivity index (χ1) is 10.7. The number of aliphatic carboxylic acids is 1. The molecule has 4 nitrogen and oxygen atoms in total. The average Bonchev–Trinajstić information content (AvgIpc) is 2.49. The number of rotatable bonds is 16. The Balaban J connectivity index is -0.00000220. The van der Waals surface area contributed by atoms with Crippen LogP contribution < -0.4 is 56.7 Å². The van der Waals surface area contributed by atoms with Gasteiger partial charge in [0, 0.05) is 6.42 Å². The van der Waals surface area contributed by atoms with Crippen molar-refractivity contribution in [2.24, 2.45) is 0 Å². The molecule has 132 valence electrons. The molecule has 0 aromatic carbocycles. The summed E-state index contributed by atoms with van der Waals surface area (Å²) in [6, 6.07) is 0. The molecule has 0 atom stereocenters. The molecular weight excluding hydrogens is 317 g/mol. The second kappa shape index (κ2) is 20.6. The molecule has 0 aromatic rings. The van der Waals surface area contributed by atoms with Gasteiger partial charge in [-0.2, -0.15) is 0 Å². The molecule has 0 bridgehead atoms. The molecule has 0 aliphatic rings. The van der Waals surface area contributed by atoms with Crippen LogP contribution in [0.4, 0.5) is 0 Å². The van der Waals surface area contributed by atoms with Crippen LogP contribution >= 0.6 is 0 Å². The molecule has 23 heavy (non-hydrogen) atoms. The number of nitrogens with one attached hydrogen (secondary N) is 1. The summed E-state index contributed by atoms with van der Waals surface area (Å²) < 4.78 is 0. The third-order valence-corrected chi connectivity index (χ3v) is 3.94. The van der Waals surface area contributed by atoms with Gasteiger partial charge in [-0.05, 0) is 6.42 Å². The van der Waals surface area contributed by atoms with Gasteiger partial charge >= 0.3 is 57.4 Å². The maximum Gasteiger partial charge on any atom is 1.00 e. The Kier molecular flexibility index (Phi) is 23.1. The molecule has 0 aliphatic carbocycles. The summed E-state index contributed by atoms with van der Waals surface area (Å²) in [6.07, 6.45) is 17.1. The standard InChI is InChI=1S/C18H35NO3.K.H/c1-2-3-4-5-6-7-8-9-10-11-12-13-14-15-17(20)19-16-18(21)22;;/h2-16H2,1H3,(H,19,20)(H,21,22);;/q;+1;-1. The molecular formula is C18H36KNO3. The minimum Gasteiger partial charge on any atom is -1.00 e. The summed E-state index contributed by atoms with van der Waals surface area (Å²) in [5, 5.41) is 10.8. The molecule has 0 rings (SSSR count). The van der Waals surface area contributed by atoms with Crippen molar-refractivity contribution in [2.45, 2.75) is 96.8 Å². The zero-order chi connectivity index (χ0) is 16.5. The molecule has 5 heteroatoms. The van der Waals surface area contributed by atoms with Gasteiger partial charge in [0.05, 0.1) is 0 Å². The van der Waals surface area contributed by atoms with E-state index >= 15 is 0 Å². The van der Waals surface area contributed by atoms with Crippen LogP contribution in [0.1, 0.15) is 98.2 Å². The first-order valence-corrected chi connectivity index (χ1v) is 9.15. The number of carbonyl (C=O) groups is 2. The Bertz CT molecular complexity index is 291. The van der Waals surface area contributed by atoms with E-state index in [0.29, 0.717) is 6.42 Å². The number of unbranched alkanes of at least 4 members (excludes halogenated alkanes) is 12. The van der Waals surface area contributed by atoms with Crippen molar-refractivity contribution in [3.8, 4) is 0 Å². The zero-order valence-electron chi connectivity index (χ0n) is 16.4. The monoisotopic (exact) mass is 353 g/mol. The second-order valence-corrected chi connectivity index (χ2v) is 6.16. The Morgan fingerprint density at radius 1 is 0.783 bits per heavy atom. The first-order valence-electron chi connectivity index (χ1n) is 9.15. The summed E-state index contributed by atoms with van der Waals surface area (Å²) >= 11 is 0. The normalized spacial score (nSPS) is 10.1. The maximum absolute atomic E-state index is 11.3. The predicted octanol–water partition coefficient (Wildman–Crippen LogP) is 1.79. The van der Waals surface area contributed by atoms with Crippen LogP contribution in [0.25, 0.3) is 0 Å². The van der Waals surface area contributed by atoms with Crippen LogP contribution in [0.3, 0.4) is 0 Å². The molecule has 0 saturated carbocycles. The molecule has 0 spiro atoms. The molecule has 0 fully saturated rings. The quantitative estimate of drug-likeness (QED) is 0.328. The van der Waals surface area contributed by atoms with Gasteiger partial charge in [-0.3, -0.25) is 9.59 Å². The van der Waals surface area contributed by atoms with Gasteiger partial charge in [0.15, 0.2) is 0 Å². The maximum atomic E-state index is 11.3. The summed E-state index contributed by atoms with van der Waals surface area (Å²) in [5.74, 6) is -1.14. The van der Waals surface area contributed by atoms with Crippen molar-refractivity contribution in [3.05, 3.63) is 0 Å². The van der Waals surface area contributed by atoms with Crippen LogP contribution in [0, 0.1) is 0 Å². The number of hydrogen-bond donors (Lipinski definition) is 2. The van der Waals surface area contributed by atoms with Crippen LogP contribution in [0.2, 0.25) is 0 Å². The molecule has 0 saturated heterocycles. The first kappa shape index (κ1) is 25.8. The Morgan fingerprint density at radius 3 is 1.57 bits per heavy atom. The van der Waals surface area contributed by atoms with Crippen molar-refractivity contribution >= 4 is 11.9 Å². The zero-order valence-corrected chi connectivity index (χ0v) is 18.5. The Morgan fingerprint density at radius 2 is 1.17 bits per heavy atom. The van der Waals surface area contributed by atoms with Gasteiger partial charge in [0.25, 0.3) is 0 Å². The van der Waals surface area contributed by atoms with Gasteiger partial charge in [0.1, 0.15) is 6.54 Å². The topological polar surface area (TPSA) is 66.4 Å². The van der Waals surface area contributed by atoms with Gasteiger partial charge in [-0.25, -0.2) is 0 Å². The fourth-order valence-corrected chi connectivity index (χ4v) is 2.57. The molecule has 2 N–H and O–H groups in total. The summed E-state index contributed by atoms with van der Waals surface area (Å²) in [7, 11) is 0. The molecule has 0 unspecified atom stereocenters. The third kappa shape index (κ3) is 22.6. The number of carboxylic acid groups (broad SMARTS) is 1. The average molecular weight is 354 g/mol. The van der Waals surface area contributed by atoms with E-state index in [1.54, 1.807) is 0 Å². The smallest absolute Gasteiger partial charge is 1.00 e. The minimum absolute atomic E-state index is 0. The van der Waals surface area contributed by atoms with E-state index in [-0.39, 0.29) is 65.3 Å². The molecule has 0 aromatic heterocycles. The number of carboxylic acids is 1. The van der Waals surface area contributed by atoms with Crippen LogP contribution in [0.5, 0.6) is 0 Å². The molecule has 0 radical (unpaired) electrons. The number of carbonyl (C=O) groups excluding carboxylic acids is 1. The van der Waals surface area contributed by atoms with Crippen molar-refractivity contribution < 1.29 is 67.5 Å². The van der Waals surface area contributed by atoms with Crippen molar-refractivity contribution in [1.82, 2.24) is 5.32 Å². The fourth-order valence-electron chi connectivity index (χ4n) is 2.57. The van der Waals surface area contributed by atoms with Gasteiger partial charge < -0.3 is 11.8 Å². The van der Waals surface area contributed by atoms with E-state index in [4.69, 9.17) is 5.11 Å². The molecule has 1 amide bonds. The van der Waals surface area contributed by atoms with E-state index in [0.717, 1.165) is 12.8 Å². The Hall–Kier alpha value is 0.576. The minimum atomic E-state index is -0.987. The van der Waals surface area contributed by atoms with Crippen molar-refractivity contribution in [3.63, 3.8) is 0 Å². The van der Waals surface area contributed by atoms with Gasteiger partial charge in [-0.1, -0.05) is 84.0 Å². The summed E-state index contributed by atoms with van der Waals surface area (Å²) in [6.45, 7) is 1.99. The van der Waals surface area contributed by atoms with Crippen molar-refractivity contribution in [1.29, 1.82) is 0 Å². The summed E-state index contributed by atoms with van der Waals surface area (Å²) in [5.41, 5.74) is 0. The van der Waals surface area contributed by atoms with E-state index in [2.05, 4.69) is 12.2 Å². The SMILES string of the molecule is CCCCCCCCCCCCCCCC(=O)NCC(=O)O.[H-].[K+]. The van der Waals surface area contributed by atoms with E-state index in [9.17, 15) is 9.59 Å². The molecule has 0 aliphatic heterocycles. The van der Waals surface area contributed by atoms with Crippen LogP contribution in [0.15, 0.2) is 0 Å². The van der Waals surface area contributed by atoms with Crippen LogP contribution in [-0.4, -0.2) is 23.5 Å². The number of hydrogen-bond acceptors (Lipinski definition) is 2. The molecule has 0 heterocycles. The second-order valence-electron chi connectivity index (χ2n) is 6.16. The van der Waals surface area contributed by atoms with Crippen molar-refractivity contribution in [2.75, 3.05) is 6.54 Å². The predicted molar refractivity (Wildman–Crippen MR) is 92.1 cm³/mol. The van der Waals surface area contributed by atoms with E-state index < -0.39 is 5.97 Å². The van der Waals surface area contributed by atoms with E-state index in [1.165, 1.54) is 70.6 Å². The Labute approximate surface area is 186 Å². The van der Waals surface area contributed by atoms with E-state index in [1.807, 2.05) is 0 Å². The third-order valence-electron chi connectivity index (χ3n) is 3.94. The summed E-state index contributed by atoms with van der Waals surface area (Å²) in [4.78, 5) is 21.6. The largest absolute Gasteiger partial charge is 1.00 e.